The molecule has 4 rings (SSSR count). The number of rotatable bonds is 11. The van der Waals surface area contributed by atoms with Gasteiger partial charge in [-0.15, -0.1) is 17.9 Å². The van der Waals surface area contributed by atoms with Crippen LogP contribution in [-0.2, 0) is 31.6 Å². The number of esters is 2. The Hall–Kier alpha value is -3.88. The third-order valence-corrected chi connectivity index (χ3v) is 9.00. The highest BCUT2D eigenvalue weighted by molar-refractivity contribution is 7.16. The minimum Gasteiger partial charge on any atom is -0.462 e. The van der Waals surface area contributed by atoms with Crippen molar-refractivity contribution >= 4 is 40.8 Å². The van der Waals surface area contributed by atoms with E-state index in [1.54, 1.807) is 27.0 Å². The first-order chi connectivity index (χ1) is 19.5. The molecule has 1 aliphatic rings. The Morgan fingerprint density at radius 1 is 1.00 bits per heavy atom. The van der Waals surface area contributed by atoms with Gasteiger partial charge in [0.1, 0.15) is 16.9 Å². The summed E-state index contributed by atoms with van der Waals surface area (Å²) in [6, 6.07) is 12.4. The molecule has 0 fully saturated rings. The van der Waals surface area contributed by atoms with Crippen molar-refractivity contribution < 1.29 is 23.9 Å². The lowest BCUT2D eigenvalue weighted by atomic mass is 9.80. The molecule has 0 bridgehead atoms. The molecule has 0 saturated heterocycles. The number of aliphatic imine (C=N–C) groups is 1. The molecule has 2 atom stereocenters. The highest BCUT2D eigenvalue weighted by Gasteiger charge is 2.36. The fraction of sp³-hybridized carbons (Fsp3) is 0.333. The molecule has 0 saturated carbocycles. The number of nitrogens with two attached hydrogens (primary N) is 1. The molecule has 7 nitrogen and oxygen atoms in total. The molecule has 0 radical (unpaired) electrons. The molecule has 1 heterocycles. The van der Waals surface area contributed by atoms with E-state index in [1.165, 1.54) is 11.6 Å². The van der Waals surface area contributed by atoms with Crippen LogP contribution in [0.2, 0.25) is 0 Å². The number of carbonyl (C=O) groups excluding carboxylic acids is 3. The van der Waals surface area contributed by atoms with E-state index in [-0.39, 0.29) is 24.3 Å². The van der Waals surface area contributed by atoms with Gasteiger partial charge in [0.05, 0.1) is 24.3 Å². The summed E-state index contributed by atoms with van der Waals surface area (Å²) in [6.45, 7) is 13.2. The number of fused-ring (bicyclic) bond motifs is 3. The van der Waals surface area contributed by atoms with Crippen molar-refractivity contribution in [1.29, 1.82) is 0 Å². The smallest absolute Gasteiger partial charge is 0.342 e. The van der Waals surface area contributed by atoms with E-state index in [4.69, 9.17) is 15.2 Å². The summed E-state index contributed by atoms with van der Waals surface area (Å²) >= 11 is 1.14. The summed E-state index contributed by atoms with van der Waals surface area (Å²) in [4.78, 5) is 43.0. The average molecular weight is 573 g/mol. The second-order valence-electron chi connectivity index (χ2n) is 10.5. The van der Waals surface area contributed by atoms with E-state index in [0.29, 0.717) is 9.88 Å². The van der Waals surface area contributed by atoms with Crippen LogP contribution in [0.25, 0.3) is 11.1 Å². The first-order valence-electron chi connectivity index (χ1n) is 13.7. The number of nitrogens with zero attached hydrogens (tertiary/aromatic N) is 1. The van der Waals surface area contributed by atoms with Gasteiger partial charge in [-0.3, -0.25) is 0 Å². The molecular formula is C33H36N2O5S. The third kappa shape index (κ3) is 5.67. The topological polar surface area (TPSA) is 108 Å². The molecular weight excluding hydrogens is 536 g/mol. The van der Waals surface area contributed by atoms with Gasteiger partial charge in [0, 0.05) is 16.5 Å². The first kappa shape index (κ1) is 30.1. The second-order valence-corrected chi connectivity index (χ2v) is 11.5. The molecule has 0 spiro atoms. The molecule has 2 N–H and O–H groups in total. The Bertz CT molecular complexity index is 1550. The zero-order valence-electron chi connectivity index (χ0n) is 24.2. The van der Waals surface area contributed by atoms with Gasteiger partial charge < -0.3 is 20.0 Å². The highest BCUT2D eigenvalue weighted by atomic mass is 32.1. The van der Waals surface area contributed by atoms with Gasteiger partial charge in [-0.1, -0.05) is 43.3 Å². The normalized spacial score (nSPS) is 15.0. The highest BCUT2D eigenvalue weighted by Crippen LogP contribution is 2.43. The molecule has 41 heavy (non-hydrogen) atoms. The molecule has 1 aromatic heterocycles. The molecule has 0 aliphatic heterocycles. The van der Waals surface area contributed by atoms with Crippen LogP contribution >= 0.6 is 11.3 Å². The van der Waals surface area contributed by atoms with Crippen LogP contribution in [0, 0.1) is 0 Å². The van der Waals surface area contributed by atoms with Crippen LogP contribution in [0.4, 0.5) is 5.00 Å². The zero-order chi connectivity index (χ0) is 29.9. The summed E-state index contributed by atoms with van der Waals surface area (Å²) < 4.78 is 10.6. The Kier molecular flexibility index (Phi) is 8.75. The standard InChI is InChI=1S/C33H36N2O5S/c1-7-32(5,19-36)23-12-14-25-22(17-23)16-21-15-20(11-13-24(21)25)18-35-29-27(31(38)40-10-4)26(30(37)39-9-3)28(41-29)33(6,34)8-2/h8,11-15,17-19H,2,7,9-10,16,34H2,1,3-6H3/b35-18+. The minimum absolute atomic E-state index is 0.0373. The first-order valence-corrected chi connectivity index (χ1v) is 14.6. The van der Waals surface area contributed by atoms with Gasteiger partial charge >= 0.3 is 11.9 Å². The quantitative estimate of drug-likeness (QED) is 0.0933. The van der Waals surface area contributed by atoms with Crippen molar-refractivity contribution in [1.82, 2.24) is 0 Å². The monoisotopic (exact) mass is 572 g/mol. The van der Waals surface area contributed by atoms with Crippen molar-refractivity contribution in [2.75, 3.05) is 13.2 Å². The summed E-state index contributed by atoms with van der Waals surface area (Å²) in [6.07, 6.45) is 5.70. The number of benzene rings is 2. The SMILES string of the molecule is C=CC(C)(N)c1sc(/N=C/c2ccc3c(c2)Cc2cc(C(C)(C=O)CC)ccc2-3)c(C(=O)OCC)c1C(=O)OCC. The third-order valence-electron chi connectivity index (χ3n) is 7.65. The van der Waals surface area contributed by atoms with E-state index >= 15 is 0 Å². The number of hydrogen-bond acceptors (Lipinski definition) is 8. The number of aldehydes is 1. The lowest BCUT2D eigenvalue weighted by molar-refractivity contribution is -0.112. The maximum absolute atomic E-state index is 13.1. The minimum atomic E-state index is -1.10. The molecule has 2 aromatic carbocycles. The van der Waals surface area contributed by atoms with Crippen molar-refractivity contribution in [3.8, 4) is 11.1 Å². The predicted molar refractivity (Wildman–Crippen MR) is 164 cm³/mol. The van der Waals surface area contributed by atoms with E-state index in [1.807, 2.05) is 26.0 Å². The van der Waals surface area contributed by atoms with E-state index in [2.05, 4.69) is 35.8 Å². The van der Waals surface area contributed by atoms with Crippen molar-refractivity contribution in [2.45, 2.75) is 58.4 Å². The van der Waals surface area contributed by atoms with Gasteiger partial charge in [-0.05, 0) is 80.0 Å². The zero-order valence-corrected chi connectivity index (χ0v) is 25.0. The van der Waals surface area contributed by atoms with E-state index < -0.39 is 22.9 Å². The van der Waals surface area contributed by atoms with E-state index in [0.717, 1.165) is 58.3 Å². The summed E-state index contributed by atoms with van der Waals surface area (Å²) in [5, 5.41) is 0.307. The molecule has 0 amide bonds. The lowest BCUT2D eigenvalue weighted by Crippen LogP contribution is -2.31. The van der Waals surface area contributed by atoms with Crippen LogP contribution in [0.3, 0.4) is 0 Å². The van der Waals surface area contributed by atoms with Crippen molar-refractivity contribution in [3.05, 3.63) is 87.3 Å². The van der Waals surface area contributed by atoms with Crippen LogP contribution in [0.15, 0.2) is 54.0 Å². The van der Waals surface area contributed by atoms with Crippen molar-refractivity contribution in [2.24, 2.45) is 10.7 Å². The largest absolute Gasteiger partial charge is 0.462 e. The summed E-state index contributed by atoms with van der Waals surface area (Å²) in [7, 11) is 0. The van der Waals surface area contributed by atoms with Crippen LogP contribution in [-0.4, -0.2) is 37.7 Å². The number of hydrogen-bond donors (Lipinski definition) is 1. The molecule has 2 unspecified atom stereocenters. The van der Waals surface area contributed by atoms with Crippen molar-refractivity contribution in [3.63, 3.8) is 0 Å². The number of ether oxygens (including phenoxy) is 2. The summed E-state index contributed by atoms with van der Waals surface area (Å²) in [5.41, 5.74) is 11.4. The Labute approximate surface area is 245 Å². The van der Waals surface area contributed by atoms with Gasteiger partial charge in [0.2, 0.25) is 0 Å². The maximum Gasteiger partial charge on any atom is 0.342 e. The maximum atomic E-state index is 13.1. The Balaban J connectivity index is 1.74. The van der Waals surface area contributed by atoms with Gasteiger partial charge in [0.15, 0.2) is 0 Å². The van der Waals surface area contributed by atoms with Crippen LogP contribution < -0.4 is 5.73 Å². The Morgan fingerprint density at radius 2 is 1.61 bits per heavy atom. The van der Waals surface area contributed by atoms with Crippen LogP contribution in [0.5, 0.6) is 0 Å². The Morgan fingerprint density at radius 3 is 2.20 bits per heavy atom. The number of carbonyl (C=O) groups is 3. The second kappa shape index (κ2) is 11.9. The lowest BCUT2D eigenvalue weighted by Gasteiger charge is -2.22. The van der Waals surface area contributed by atoms with Crippen LogP contribution in [0.1, 0.15) is 88.9 Å². The van der Waals surface area contributed by atoms with E-state index in [9.17, 15) is 14.4 Å². The average Bonchev–Trinajstić information content (AvgIpc) is 3.54. The fourth-order valence-electron chi connectivity index (χ4n) is 4.93. The fourth-order valence-corrected chi connectivity index (χ4v) is 6.10. The molecule has 8 heteroatoms. The summed E-state index contributed by atoms with van der Waals surface area (Å²) in [5.74, 6) is -1.33. The molecule has 214 valence electrons. The number of thiophene rings is 1. The van der Waals surface area contributed by atoms with Gasteiger partial charge in [0.25, 0.3) is 0 Å². The van der Waals surface area contributed by atoms with Gasteiger partial charge in [-0.25, -0.2) is 14.6 Å². The molecule has 1 aliphatic carbocycles. The predicted octanol–water partition coefficient (Wildman–Crippen LogP) is 6.65. The molecule has 3 aromatic rings. The van der Waals surface area contributed by atoms with Gasteiger partial charge in [-0.2, -0.15) is 0 Å².